The molecule has 1 aromatic heterocycles. The van der Waals surface area contributed by atoms with Crippen LogP contribution in [-0.2, 0) is 20.7 Å². The molecule has 2 atom stereocenters. The molecule has 1 aromatic rings. The summed E-state index contributed by atoms with van der Waals surface area (Å²) < 4.78 is 16.5. The fourth-order valence-electron chi connectivity index (χ4n) is 2.56. The van der Waals surface area contributed by atoms with Crippen molar-refractivity contribution in [2.75, 3.05) is 19.8 Å². The third-order valence-corrected chi connectivity index (χ3v) is 3.96. The molecule has 128 valence electrons. The van der Waals surface area contributed by atoms with Gasteiger partial charge in [-0.05, 0) is 34.1 Å². The van der Waals surface area contributed by atoms with Gasteiger partial charge in [0.2, 0.25) is 5.91 Å². The average molecular weight is 322 g/mol. The smallest absolute Gasteiger partial charge is 0.225 e. The lowest BCUT2D eigenvalue weighted by atomic mass is 10.1. The van der Waals surface area contributed by atoms with Crippen molar-refractivity contribution in [1.82, 2.24) is 10.5 Å². The zero-order valence-electron chi connectivity index (χ0n) is 14.3. The molecule has 23 heavy (non-hydrogen) atoms. The molecule has 2 heterocycles. The molecule has 0 bridgehead atoms. The van der Waals surface area contributed by atoms with Crippen molar-refractivity contribution in [3.63, 3.8) is 0 Å². The monoisotopic (exact) mass is 322 g/mol. The quantitative estimate of drug-likeness (QED) is 0.812. The van der Waals surface area contributed by atoms with Crippen LogP contribution in [0.1, 0.15) is 37.3 Å². The summed E-state index contributed by atoms with van der Waals surface area (Å²) in [6, 6.07) is -0.123. The number of amides is 1. The SMILES string of the molecule is CC(C)=CCO[C@H]1CCOC[C@H]1NC(=O)Cc1c(C)noc1C. The van der Waals surface area contributed by atoms with Crippen LogP contribution in [0.2, 0.25) is 0 Å². The number of hydrogen-bond donors (Lipinski definition) is 1. The summed E-state index contributed by atoms with van der Waals surface area (Å²) in [5, 5.41) is 6.90. The standard InChI is InChI=1S/C17H26N2O4/c1-11(2)5-8-22-16-6-7-21-10-15(16)18-17(20)9-14-12(3)19-23-13(14)4/h5,15-16H,6-10H2,1-4H3,(H,18,20)/t15-,16+/m1/s1. The molecule has 0 spiro atoms. The molecule has 6 nitrogen and oxygen atoms in total. The molecule has 1 fully saturated rings. The number of carbonyl (C=O) groups excluding carboxylic acids is 1. The van der Waals surface area contributed by atoms with Crippen LogP contribution in [0.3, 0.4) is 0 Å². The minimum atomic E-state index is -0.123. The minimum Gasteiger partial charge on any atom is -0.379 e. The van der Waals surface area contributed by atoms with Gasteiger partial charge in [-0.1, -0.05) is 16.8 Å². The van der Waals surface area contributed by atoms with Gasteiger partial charge in [-0.3, -0.25) is 4.79 Å². The third-order valence-electron chi connectivity index (χ3n) is 3.96. The molecule has 1 saturated heterocycles. The molecule has 0 aromatic carbocycles. The molecule has 0 unspecified atom stereocenters. The number of ether oxygens (including phenoxy) is 2. The Bertz CT molecular complexity index is 541. The van der Waals surface area contributed by atoms with E-state index in [0.29, 0.717) is 25.6 Å². The maximum atomic E-state index is 12.3. The van der Waals surface area contributed by atoms with E-state index in [1.165, 1.54) is 5.57 Å². The molecule has 0 radical (unpaired) electrons. The molecule has 2 rings (SSSR count). The number of hydrogen-bond acceptors (Lipinski definition) is 5. The van der Waals surface area contributed by atoms with Crippen LogP contribution in [0, 0.1) is 13.8 Å². The molecule has 1 amide bonds. The van der Waals surface area contributed by atoms with Gasteiger partial charge in [-0.2, -0.15) is 0 Å². The Kier molecular flexibility index (Phi) is 6.36. The number of nitrogens with one attached hydrogen (secondary N) is 1. The number of aryl methyl sites for hydroxylation is 2. The van der Waals surface area contributed by atoms with Gasteiger partial charge in [0.05, 0.1) is 37.5 Å². The maximum absolute atomic E-state index is 12.3. The second-order valence-electron chi connectivity index (χ2n) is 6.17. The van der Waals surface area contributed by atoms with E-state index >= 15 is 0 Å². The number of nitrogens with zero attached hydrogens (tertiary/aromatic N) is 1. The van der Waals surface area contributed by atoms with E-state index in [-0.39, 0.29) is 24.5 Å². The molecule has 6 heteroatoms. The molecule has 0 aliphatic carbocycles. The molecule has 1 N–H and O–H groups in total. The second kappa shape index (κ2) is 8.26. The van der Waals surface area contributed by atoms with Gasteiger partial charge in [0.1, 0.15) is 5.76 Å². The zero-order chi connectivity index (χ0) is 16.8. The van der Waals surface area contributed by atoms with Crippen molar-refractivity contribution >= 4 is 5.91 Å². The van der Waals surface area contributed by atoms with Crippen LogP contribution < -0.4 is 5.32 Å². The molecular weight excluding hydrogens is 296 g/mol. The van der Waals surface area contributed by atoms with Crippen molar-refractivity contribution < 1.29 is 18.8 Å². The molecule has 1 aliphatic rings. The van der Waals surface area contributed by atoms with Crippen molar-refractivity contribution in [3.05, 3.63) is 28.7 Å². The average Bonchev–Trinajstić information content (AvgIpc) is 2.80. The molecule has 0 saturated carbocycles. The van der Waals surface area contributed by atoms with E-state index < -0.39 is 0 Å². The minimum absolute atomic E-state index is 0.0204. The second-order valence-corrected chi connectivity index (χ2v) is 6.17. The Hall–Kier alpha value is -1.66. The van der Waals surface area contributed by atoms with E-state index in [1.807, 2.05) is 33.8 Å². The van der Waals surface area contributed by atoms with Crippen LogP contribution in [0.4, 0.5) is 0 Å². The Balaban J connectivity index is 1.90. The first kappa shape index (κ1) is 17.7. The van der Waals surface area contributed by atoms with Crippen LogP contribution in [0.25, 0.3) is 0 Å². The summed E-state index contributed by atoms with van der Waals surface area (Å²) in [5.41, 5.74) is 2.83. The van der Waals surface area contributed by atoms with Crippen LogP contribution in [0.5, 0.6) is 0 Å². The van der Waals surface area contributed by atoms with Gasteiger partial charge in [-0.25, -0.2) is 0 Å². The van der Waals surface area contributed by atoms with Gasteiger partial charge in [0.25, 0.3) is 0 Å². The summed E-state index contributed by atoms with van der Waals surface area (Å²) in [6.45, 7) is 9.43. The normalized spacial score (nSPS) is 21.0. The van der Waals surface area contributed by atoms with E-state index in [9.17, 15) is 4.79 Å². The first-order valence-corrected chi connectivity index (χ1v) is 8.01. The van der Waals surface area contributed by atoms with Gasteiger partial charge >= 0.3 is 0 Å². The fourth-order valence-corrected chi connectivity index (χ4v) is 2.56. The van der Waals surface area contributed by atoms with Gasteiger partial charge in [-0.15, -0.1) is 0 Å². The molecular formula is C17H26N2O4. The lowest BCUT2D eigenvalue weighted by molar-refractivity contribution is -0.125. The fraction of sp³-hybridized carbons (Fsp3) is 0.647. The Morgan fingerprint density at radius 2 is 2.22 bits per heavy atom. The van der Waals surface area contributed by atoms with Crippen LogP contribution in [0.15, 0.2) is 16.2 Å². The highest BCUT2D eigenvalue weighted by Crippen LogP contribution is 2.15. The highest BCUT2D eigenvalue weighted by Gasteiger charge is 2.28. The first-order chi connectivity index (χ1) is 11.0. The summed E-state index contributed by atoms with van der Waals surface area (Å²) in [7, 11) is 0. The van der Waals surface area contributed by atoms with E-state index in [1.54, 1.807) is 0 Å². The van der Waals surface area contributed by atoms with E-state index in [2.05, 4.69) is 10.5 Å². The van der Waals surface area contributed by atoms with Crippen LogP contribution >= 0.6 is 0 Å². The van der Waals surface area contributed by atoms with E-state index in [4.69, 9.17) is 14.0 Å². The highest BCUT2D eigenvalue weighted by molar-refractivity contribution is 5.79. The number of allylic oxidation sites excluding steroid dienone is 1. The Morgan fingerprint density at radius 1 is 1.43 bits per heavy atom. The van der Waals surface area contributed by atoms with Gasteiger partial charge < -0.3 is 19.3 Å². The lowest BCUT2D eigenvalue weighted by Gasteiger charge is -2.31. The summed E-state index contributed by atoms with van der Waals surface area (Å²) in [4.78, 5) is 12.3. The zero-order valence-corrected chi connectivity index (χ0v) is 14.3. The van der Waals surface area contributed by atoms with Crippen molar-refractivity contribution in [2.24, 2.45) is 0 Å². The van der Waals surface area contributed by atoms with Gasteiger partial charge in [0.15, 0.2) is 0 Å². The number of carbonyl (C=O) groups is 1. The Labute approximate surface area is 137 Å². The topological polar surface area (TPSA) is 73.6 Å². The largest absolute Gasteiger partial charge is 0.379 e. The summed E-state index contributed by atoms with van der Waals surface area (Å²) in [5.74, 6) is 0.625. The first-order valence-electron chi connectivity index (χ1n) is 8.01. The summed E-state index contributed by atoms with van der Waals surface area (Å²) >= 11 is 0. The number of aromatic nitrogens is 1. The van der Waals surface area contributed by atoms with Gasteiger partial charge in [0, 0.05) is 12.2 Å². The van der Waals surface area contributed by atoms with Crippen LogP contribution in [-0.4, -0.2) is 43.0 Å². The number of rotatable bonds is 6. The summed E-state index contributed by atoms with van der Waals surface area (Å²) in [6.07, 6.45) is 3.07. The molecule has 1 aliphatic heterocycles. The van der Waals surface area contributed by atoms with Crippen molar-refractivity contribution in [3.8, 4) is 0 Å². The Morgan fingerprint density at radius 3 is 2.87 bits per heavy atom. The van der Waals surface area contributed by atoms with E-state index in [0.717, 1.165) is 17.7 Å². The van der Waals surface area contributed by atoms with Crippen molar-refractivity contribution in [1.29, 1.82) is 0 Å². The maximum Gasteiger partial charge on any atom is 0.225 e. The predicted octanol–water partition coefficient (Wildman–Crippen LogP) is 2.09. The third kappa shape index (κ3) is 5.18. The van der Waals surface area contributed by atoms with Crippen molar-refractivity contribution in [2.45, 2.75) is 52.7 Å². The lowest BCUT2D eigenvalue weighted by Crippen LogP contribution is -2.51. The highest BCUT2D eigenvalue weighted by atomic mass is 16.5. The predicted molar refractivity (Wildman–Crippen MR) is 86.2 cm³/mol.